The maximum atomic E-state index is 12.9. The number of rotatable bonds is 59. The molecule has 0 aliphatic rings. The summed E-state index contributed by atoms with van der Waals surface area (Å²) in [5, 5.41) is 0. The monoisotopic (exact) mass is 1140 g/mol. The summed E-state index contributed by atoms with van der Waals surface area (Å²) in [6.45, 7) is 6.28. The Morgan fingerprint density at radius 2 is 0.494 bits per heavy atom. The van der Waals surface area contributed by atoms with Crippen LogP contribution in [0.25, 0.3) is 0 Å². The van der Waals surface area contributed by atoms with Crippen LogP contribution in [0.2, 0.25) is 0 Å². The van der Waals surface area contributed by atoms with E-state index in [1.165, 1.54) is 122 Å². The fourth-order valence-electron chi connectivity index (χ4n) is 8.76. The first-order valence-electron chi connectivity index (χ1n) is 33.6. The lowest BCUT2D eigenvalue weighted by molar-refractivity contribution is -0.166. The van der Waals surface area contributed by atoms with E-state index >= 15 is 0 Å². The quantitative estimate of drug-likeness (QED) is 0.0261. The Morgan fingerprint density at radius 3 is 0.807 bits per heavy atom. The van der Waals surface area contributed by atoms with Gasteiger partial charge in [-0.05, 0) is 128 Å². The summed E-state index contributed by atoms with van der Waals surface area (Å²) in [6, 6.07) is 0. The van der Waals surface area contributed by atoms with Gasteiger partial charge in [0, 0.05) is 19.3 Å². The van der Waals surface area contributed by atoms with Gasteiger partial charge in [-0.2, -0.15) is 0 Å². The Labute approximate surface area is 511 Å². The molecule has 0 aliphatic carbocycles. The van der Waals surface area contributed by atoms with Crippen molar-refractivity contribution < 1.29 is 28.6 Å². The van der Waals surface area contributed by atoms with Crippen LogP contribution >= 0.6 is 0 Å². The van der Waals surface area contributed by atoms with Gasteiger partial charge in [0.2, 0.25) is 0 Å². The van der Waals surface area contributed by atoms with Crippen molar-refractivity contribution in [3.05, 3.63) is 170 Å². The summed E-state index contributed by atoms with van der Waals surface area (Å²) >= 11 is 0. The highest BCUT2D eigenvalue weighted by molar-refractivity contribution is 5.71. The van der Waals surface area contributed by atoms with E-state index in [-0.39, 0.29) is 38.0 Å². The molecule has 1 atom stereocenters. The maximum absolute atomic E-state index is 12.9. The van der Waals surface area contributed by atoms with Gasteiger partial charge in [-0.15, -0.1) is 0 Å². The zero-order valence-electron chi connectivity index (χ0n) is 53.4. The molecule has 0 heterocycles. The van der Waals surface area contributed by atoms with Gasteiger partial charge < -0.3 is 14.2 Å². The van der Waals surface area contributed by atoms with E-state index in [2.05, 4.69) is 167 Å². The van der Waals surface area contributed by atoms with Crippen LogP contribution in [0.15, 0.2) is 170 Å². The number of allylic oxidation sites excluding steroid dienone is 28. The van der Waals surface area contributed by atoms with Crippen molar-refractivity contribution in [2.45, 2.75) is 284 Å². The highest BCUT2D eigenvalue weighted by atomic mass is 16.6. The smallest absolute Gasteiger partial charge is 0.306 e. The predicted molar refractivity (Wildman–Crippen MR) is 361 cm³/mol. The molecule has 0 aliphatic heterocycles. The number of hydrogen-bond acceptors (Lipinski definition) is 6. The van der Waals surface area contributed by atoms with Crippen molar-refractivity contribution in [1.82, 2.24) is 0 Å². The molecule has 0 bridgehead atoms. The van der Waals surface area contributed by atoms with Crippen LogP contribution in [-0.2, 0) is 28.6 Å². The maximum Gasteiger partial charge on any atom is 0.306 e. The Kier molecular flexibility index (Phi) is 64.9. The molecule has 0 spiro atoms. The van der Waals surface area contributed by atoms with Crippen molar-refractivity contribution in [3.8, 4) is 0 Å². The van der Waals surface area contributed by atoms with Crippen LogP contribution in [0, 0.1) is 0 Å². The first kappa shape index (κ1) is 77.8. The molecule has 0 saturated carbocycles. The minimum absolute atomic E-state index is 0.138. The number of hydrogen-bond donors (Lipinski definition) is 0. The predicted octanol–water partition coefficient (Wildman–Crippen LogP) is 23.4. The molecule has 0 aromatic heterocycles. The van der Waals surface area contributed by atoms with Crippen molar-refractivity contribution >= 4 is 17.9 Å². The van der Waals surface area contributed by atoms with Gasteiger partial charge in [0.05, 0.1) is 0 Å². The molecule has 6 heteroatoms. The molecule has 0 saturated heterocycles. The van der Waals surface area contributed by atoms with Crippen LogP contribution < -0.4 is 0 Å². The SMILES string of the molecule is CC/C=C\C/C=C\C/C=C\C/C=C\C/C=C\C/C=C\CCC(=O)OCC(COC(=O)CCCCCCCCCCCCCCCCC/C=C\C/C=C\CCCCCCC)OC(=O)CC/C=C\C/C=C\C/C=C\C/C=C\C/C=C\C/C=C\CC. The second-order valence-corrected chi connectivity index (χ2v) is 21.6. The fraction of sp³-hybridized carbons (Fsp3) is 0.597. The third-order valence-corrected chi connectivity index (χ3v) is 13.7. The van der Waals surface area contributed by atoms with Crippen LogP contribution in [0.1, 0.15) is 278 Å². The van der Waals surface area contributed by atoms with Crippen molar-refractivity contribution in [1.29, 1.82) is 0 Å². The van der Waals surface area contributed by atoms with Crippen molar-refractivity contribution in [2.24, 2.45) is 0 Å². The van der Waals surface area contributed by atoms with Gasteiger partial charge in [-0.1, -0.05) is 300 Å². The van der Waals surface area contributed by atoms with Gasteiger partial charge in [0.15, 0.2) is 6.10 Å². The summed E-state index contributed by atoms with van der Waals surface area (Å²) in [5.74, 6) is -1.11. The fourth-order valence-corrected chi connectivity index (χ4v) is 8.76. The van der Waals surface area contributed by atoms with Gasteiger partial charge >= 0.3 is 17.9 Å². The lowest BCUT2D eigenvalue weighted by atomic mass is 10.0. The summed E-state index contributed by atoms with van der Waals surface area (Å²) < 4.78 is 16.8. The minimum Gasteiger partial charge on any atom is -0.462 e. The number of ether oxygens (including phenoxy) is 3. The number of carbonyl (C=O) groups excluding carboxylic acids is 3. The minimum atomic E-state index is -0.860. The molecule has 0 amide bonds. The molecule has 0 aromatic rings. The zero-order chi connectivity index (χ0) is 59.9. The van der Waals surface area contributed by atoms with Crippen LogP contribution in [0.5, 0.6) is 0 Å². The Morgan fingerprint density at radius 1 is 0.253 bits per heavy atom. The topological polar surface area (TPSA) is 78.9 Å². The van der Waals surface area contributed by atoms with E-state index < -0.39 is 12.1 Å². The molecule has 1 unspecified atom stereocenters. The standard InChI is InChI=1S/C77H122O6/c1-4-7-10-13-16-19-22-25-28-31-34-35-36-37-38-39-40-41-44-46-49-52-55-58-61-64-67-70-76(79)82-73-74(83-77(80)71-68-65-62-59-56-53-50-47-43-33-30-27-24-21-18-15-12-9-6-3)72-81-75(78)69-66-63-60-57-54-51-48-45-42-32-29-26-23-20-17-14-11-8-5-2/h8-9,11-12,17-18,20-22,25-27,29-31,34,42-43,45,47,51,53-54,56,60,62-63,65,74H,4-7,10,13-16,19,23-24,28,32-33,35-41,44,46,48-50,52,55,57-59,61,64,66-73H2,1-3H3/b11-8-,12-9-,20-17-,21-18-,25-22-,29-26-,30-27-,34-31-,45-42-,47-43-,54-51-,56-53-,63-60-,65-62-. The lowest BCUT2D eigenvalue weighted by Crippen LogP contribution is -2.30. The summed E-state index contributed by atoms with van der Waals surface area (Å²) in [5.41, 5.74) is 0. The Bertz CT molecular complexity index is 1890. The molecule has 0 fully saturated rings. The molecule has 0 radical (unpaired) electrons. The van der Waals surface area contributed by atoms with E-state index in [0.717, 1.165) is 103 Å². The van der Waals surface area contributed by atoms with Crippen LogP contribution in [-0.4, -0.2) is 37.2 Å². The summed E-state index contributed by atoms with van der Waals surface area (Å²) in [4.78, 5) is 38.3. The molecule has 0 rings (SSSR count). The second-order valence-electron chi connectivity index (χ2n) is 21.6. The average Bonchev–Trinajstić information content (AvgIpc) is 3.50. The average molecular weight is 1140 g/mol. The summed E-state index contributed by atoms with van der Waals surface area (Å²) in [7, 11) is 0. The van der Waals surface area contributed by atoms with Gasteiger partial charge in [0.25, 0.3) is 0 Å². The number of esters is 3. The Hall–Kier alpha value is -5.23. The molecular formula is C77H122O6. The van der Waals surface area contributed by atoms with E-state index in [4.69, 9.17) is 14.2 Å². The summed E-state index contributed by atoms with van der Waals surface area (Å²) in [6.07, 6.45) is 103. The van der Waals surface area contributed by atoms with E-state index in [9.17, 15) is 14.4 Å². The van der Waals surface area contributed by atoms with Gasteiger partial charge in [-0.3, -0.25) is 14.4 Å². The van der Waals surface area contributed by atoms with Crippen LogP contribution in [0.3, 0.4) is 0 Å². The molecule has 0 aromatic carbocycles. The second kappa shape index (κ2) is 69.3. The zero-order valence-corrected chi connectivity index (χ0v) is 53.4. The number of carbonyl (C=O) groups is 3. The highest BCUT2D eigenvalue weighted by Crippen LogP contribution is 2.15. The molecule has 6 nitrogen and oxygen atoms in total. The highest BCUT2D eigenvalue weighted by Gasteiger charge is 2.19. The third-order valence-electron chi connectivity index (χ3n) is 13.7. The first-order chi connectivity index (χ1) is 41.0. The van der Waals surface area contributed by atoms with Crippen molar-refractivity contribution in [2.75, 3.05) is 13.2 Å². The van der Waals surface area contributed by atoms with E-state index in [1.54, 1.807) is 0 Å². The lowest BCUT2D eigenvalue weighted by Gasteiger charge is -2.18. The molecule has 83 heavy (non-hydrogen) atoms. The number of unbranched alkanes of at least 4 members (excludes halogenated alkanes) is 20. The van der Waals surface area contributed by atoms with Gasteiger partial charge in [0.1, 0.15) is 13.2 Å². The normalized spacial score (nSPS) is 13.2. The Balaban J connectivity index is 4.52. The van der Waals surface area contributed by atoms with Gasteiger partial charge in [-0.25, -0.2) is 0 Å². The van der Waals surface area contributed by atoms with Crippen LogP contribution in [0.4, 0.5) is 0 Å². The largest absolute Gasteiger partial charge is 0.462 e. The first-order valence-corrected chi connectivity index (χ1v) is 33.6. The van der Waals surface area contributed by atoms with Crippen molar-refractivity contribution in [3.63, 3.8) is 0 Å². The molecule has 0 N–H and O–H groups in total. The molecule has 466 valence electrons. The third kappa shape index (κ3) is 67.4. The van der Waals surface area contributed by atoms with E-state index in [1.807, 2.05) is 24.3 Å². The van der Waals surface area contributed by atoms with E-state index in [0.29, 0.717) is 19.3 Å². The molecular weight excluding hydrogens is 1020 g/mol.